The van der Waals surface area contributed by atoms with E-state index in [4.69, 9.17) is 0 Å². The zero-order valence-electron chi connectivity index (χ0n) is 9.01. The molecule has 3 nitrogen and oxygen atoms in total. The molecule has 0 radical (unpaired) electrons. The Morgan fingerprint density at radius 2 is 2.24 bits per heavy atom. The van der Waals surface area contributed by atoms with E-state index in [9.17, 15) is 4.79 Å². The van der Waals surface area contributed by atoms with Gasteiger partial charge in [-0.05, 0) is 18.2 Å². The first-order chi connectivity index (χ1) is 8.34. The van der Waals surface area contributed by atoms with Crippen molar-refractivity contribution in [2.75, 3.05) is 6.54 Å². The fraction of sp³-hybridized carbons (Fsp3) is 0.0769. The van der Waals surface area contributed by atoms with E-state index in [1.54, 1.807) is 6.08 Å². The summed E-state index contributed by atoms with van der Waals surface area (Å²) in [5.74, 6) is -0.0319. The lowest BCUT2D eigenvalue weighted by molar-refractivity contribution is 0.102. The molecule has 1 aliphatic heterocycles. The van der Waals surface area contributed by atoms with Crippen LogP contribution >= 0.6 is 11.3 Å². The molecule has 1 aliphatic rings. The standard InChI is InChI=1S/C13H10N2OS/c16-12(10-6-3-4-8-14-10)13-15-9-5-1-2-7-11(9)17-13/h1-7,14H,8H2. The van der Waals surface area contributed by atoms with Gasteiger partial charge in [0, 0.05) is 6.54 Å². The highest BCUT2D eigenvalue weighted by Gasteiger charge is 2.16. The molecule has 2 aromatic rings. The highest BCUT2D eigenvalue weighted by Crippen LogP contribution is 2.23. The summed E-state index contributed by atoms with van der Waals surface area (Å²) in [6.07, 6.45) is 5.64. The Bertz CT molecular complexity index is 607. The molecule has 0 amide bonds. The normalized spacial score (nSPS) is 14.5. The van der Waals surface area contributed by atoms with E-state index in [-0.39, 0.29) is 5.78 Å². The molecular weight excluding hydrogens is 232 g/mol. The number of dihydropyridines is 1. The molecule has 1 aromatic heterocycles. The number of para-hydroxylation sites is 1. The molecule has 1 N–H and O–H groups in total. The van der Waals surface area contributed by atoms with Crippen LogP contribution in [0.2, 0.25) is 0 Å². The van der Waals surface area contributed by atoms with Crippen LogP contribution in [0.15, 0.2) is 48.2 Å². The zero-order chi connectivity index (χ0) is 11.7. The lowest BCUT2D eigenvalue weighted by atomic mass is 10.2. The molecule has 0 unspecified atom stereocenters. The summed E-state index contributed by atoms with van der Waals surface area (Å²) >= 11 is 1.43. The lowest BCUT2D eigenvalue weighted by Gasteiger charge is -2.08. The SMILES string of the molecule is O=C(C1=CC=CCN1)c1nc2ccccc2s1. The third-order valence-corrected chi connectivity index (χ3v) is 3.58. The van der Waals surface area contributed by atoms with Gasteiger partial charge in [0.15, 0.2) is 5.01 Å². The van der Waals surface area contributed by atoms with E-state index >= 15 is 0 Å². The van der Waals surface area contributed by atoms with Gasteiger partial charge in [0.2, 0.25) is 5.78 Å². The van der Waals surface area contributed by atoms with Gasteiger partial charge in [-0.2, -0.15) is 0 Å². The van der Waals surface area contributed by atoms with Gasteiger partial charge >= 0.3 is 0 Å². The van der Waals surface area contributed by atoms with E-state index in [1.165, 1.54) is 11.3 Å². The van der Waals surface area contributed by atoms with E-state index in [2.05, 4.69) is 10.3 Å². The molecule has 0 saturated carbocycles. The lowest BCUT2D eigenvalue weighted by Crippen LogP contribution is -2.22. The number of hydrogen-bond acceptors (Lipinski definition) is 4. The molecule has 2 heterocycles. The van der Waals surface area contributed by atoms with Crippen LogP contribution in [0.4, 0.5) is 0 Å². The molecule has 0 aliphatic carbocycles. The molecule has 1 aromatic carbocycles. The van der Waals surface area contributed by atoms with Crippen LogP contribution in [0.3, 0.4) is 0 Å². The van der Waals surface area contributed by atoms with Crippen LogP contribution in [-0.2, 0) is 0 Å². The number of nitrogens with one attached hydrogen (secondary N) is 1. The second-order valence-electron chi connectivity index (χ2n) is 3.71. The summed E-state index contributed by atoms with van der Waals surface area (Å²) in [6.45, 7) is 0.697. The number of Topliss-reactive ketones (excluding diaryl/α,β-unsaturated/α-hetero) is 1. The minimum atomic E-state index is -0.0319. The molecule has 0 saturated heterocycles. The largest absolute Gasteiger partial charge is 0.378 e. The van der Waals surface area contributed by atoms with Crippen molar-refractivity contribution in [1.82, 2.24) is 10.3 Å². The van der Waals surface area contributed by atoms with Crippen LogP contribution in [0.1, 0.15) is 9.80 Å². The first-order valence-electron chi connectivity index (χ1n) is 5.35. The number of carbonyl (C=O) groups excluding carboxylic acids is 1. The number of allylic oxidation sites excluding steroid dienone is 3. The Labute approximate surface area is 102 Å². The average Bonchev–Trinajstić information content (AvgIpc) is 2.82. The summed E-state index contributed by atoms with van der Waals surface area (Å²) in [7, 11) is 0. The van der Waals surface area contributed by atoms with Crippen LogP contribution in [0, 0.1) is 0 Å². The Kier molecular flexibility index (Phi) is 2.49. The third-order valence-electron chi connectivity index (χ3n) is 2.54. The smallest absolute Gasteiger partial charge is 0.237 e. The predicted octanol–water partition coefficient (Wildman–Crippen LogP) is 2.52. The van der Waals surface area contributed by atoms with Gasteiger partial charge in [0.1, 0.15) is 0 Å². The summed E-state index contributed by atoms with van der Waals surface area (Å²) in [6, 6.07) is 7.78. The van der Waals surface area contributed by atoms with Crippen LogP contribution < -0.4 is 5.32 Å². The van der Waals surface area contributed by atoms with E-state index in [1.807, 2.05) is 36.4 Å². The van der Waals surface area contributed by atoms with Gasteiger partial charge in [0.25, 0.3) is 0 Å². The number of nitrogens with zero attached hydrogens (tertiary/aromatic N) is 1. The van der Waals surface area contributed by atoms with Crippen molar-refractivity contribution >= 4 is 27.3 Å². The predicted molar refractivity (Wildman–Crippen MR) is 69.2 cm³/mol. The topological polar surface area (TPSA) is 42.0 Å². The van der Waals surface area contributed by atoms with Crippen molar-refractivity contribution in [2.45, 2.75) is 0 Å². The molecule has 84 valence electrons. The number of thiazole rings is 1. The van der Waals surface area contributed by atoms with Crippen molar-refractivity contribution in [3.63, 3.8) is 0 Å². The second kappa shape index (κ2) is 4.14. The quantitative estimate of drug-likeness (QED) is 0.823. The van der Waals surface area contributed by atoms with Crippen LogP contribution in [0.5, 0.6) is 0 Å². The Morgan fingerprint density at radius 1 is 1.35 bits per heavy atom. The van der Waals surface area contributed by atoms with Crippen molar-refractivity contribution in [2.24, 2.45) is 0 Å². The van der Waals surface area contributed by atoms with Crippen molar-refractivity contribution in [1.29, 1.82) is 0 Å². The number of benzene rings is 1. The molecule has 0 atom stereocenters. The molecular formula is C13H10N2OS. The Balaban J connectivity index is 2.01. The minimum Gasteiger partial charge on any atom is -0.378 e. The maximum atomic E-state index is 12.2. The summed E-state index contributed by atoms with van der Waals surface area (Å²) < 4.78 is 1.04. The van der Waals surface area contributed by atoms with Crippen LogP contribution in [0.25, 0.3) is 10.2 Å². The van der Waals surface area contributed by atoms with E-state index in [0.29, 0.717) is 17.2 Å². The van der Waals surface area contributed by atoms with E-state index < -0.39 is 0 Å². The first kappa shape index (κ1) is 10.2. The second-order valence-corrected chi connectivity index (χ2v) is 4.74. The minimum absolute atomic E-state index is 0.0319. The molecule has 4 heteroatoms. The fourth-order valence-corrected chi connectivity index (χ4v) is 2.62. The van der Waals surface area contributed by atoms with Gasteiger partial charge in [0.05, 0.1) is 15.9 Å². The molecule has 0 fully saturated rings. The maximum Gasteiger partial charge on any atom is 0.237 e. The summed E-state index contributed by atoms with van der Waals surface area (Å²) in [5, 5.41) is 3.60. The first-order valence-corrected chi connectivity index (χ1v) is 6.17. The third kappa shape index (κ3) is 1.87. The highest BCUT2D eigenvalue weighted by molar-refractivity contribution is 7.20. The summed E-state index contributed by atoms with van der Waals surface area (Å²) in [5.41, 5.74) is 1.50. The van der Waals surface area contributed by atoms with Crippen molar-refractivity contribution < 1.29 is 4.79 Å². The van der Waals surface area contributed by atoms with Gasteiger partial charge in [-0.25, -0.2) is 4.98 Å². The number of carbonyl (C=O) groups is 1. The van der Waals surface area contributed by atoms with Gasteiger partial charge < -0.3 is 5.32 Å². The summed E-state index contributed by atoms with van der Waals surface area (Å²) in [4.78, 5) is 16.5. The van der Waals surface area contributed by atoms with Crippen molar-refractivity contribution in [3.8, 4) is 0 Å². The van der Waals surface area contributed by atoms with Gasteiger partial charge in [-0.3, -0.25) is 4.79 Å². The number of ketones is 1. The molecule has 3 rings (SSSR count). The zero-order valence-corrected chi connectivity index (χ0v) is 9.83. The average molecular weight is 242 g/mol. The number of fused-ring (bicyclic) bond motifs is 1. The van der Waals surface area contributed by atoms with Crippen molar-refractivity contribution in [3.05, 3.63) is 53.2 Å². The molecule has 0 bridgehead atoms. The van der Waals surface area contributed by atoms with Gasteiger partial charge in [-0.15, -0.1) is 11.3 Å². The number of rotatable bonds is 2. The molecule has 17 heavy (non-hydrogen) atoms. The van der Waals surface area contributed by atoms with Crippen LogP contribution in [-0.4, -0.2) is 17.3 Å². The Hall–Kier alpha value is -1.94. The van der Waals surface area contributed by atoms with E-state index in [0.717, 1.165) is 10.2 Å². The number of hydrogen-bond donors (Lipinski definition) is 1. The Morgan fingerprint density at radius 3 is 3.00 bits per heavy atom. The fourth-order valence-electron chi connectivity index (χ4n) is 1.70. The van der Waals surface area contributed by atoms with Gasteiger partial charge in [-0.1, -0.05) is 24.3 Å². The highest BCUT2D eigenvalue weighted by atomic mass is 32.1. The monoisotopic (exact) mass is 242 g/mol. The maximum absolute atomic E-state index is 12.2. The molecule has 0 spiro atoms. The number of aromatic nitrogens is 1.